The van der Waals surface area contributed by atoms with Gasteiger partial charge in [0.15, 0.2) is 0 Å². The first kappa shape index (κ1) is 15.6. The summed E-state index contributed by atoms with van der Waals surface area (Å²) >= 11 is 6.05. The normalized spacial score (nSPS) is 10.9. The van der Waals surface area contributed by atoms with E-state index in [1.807, 2.05) is 31.2 Å². The minimum Gasteiger partial charge on any atom is -0.350 e. The Morgan fingerprint density at radius 2 is 2.00 bits per heavy atom. The Hall–Kier alpha value is -2.33. The summed E-state index contributed by atoms with van der Waals surface area (Å²) in [5.41, 5.74) is 3.28. The predicted molar refractivity (Wildman–Crippen MR) is 92.1 cm³/mol. The fraction of sp³-hybridized carbons (Fsp3) is 0.222. The van der Waals surface area contributed by atoms with Crippen molar-refractivity contribution in [2.45, 2.75) is 19.8 Å². The monoisotopic (exact) mass is 327 g/mol. The van der Waals surface area contributed by atoms with Crippen LogP contribution in [-0.2, 0) is 12.8 Å². The number of hydrogen-bond donors (Lipinski definition) is 1. The second-order valence-corrected chi connectivity index (χ2v) is 5.76. The van der Waals surface area contributed by atoms with E-state index in [9.17, 15) is 4.79 Å². The van der Waals surface area contributed by atoms with E-state index < -0.39 is 0 Å². The topological polar surface area (TPSA) is 46.4 Å². The fourth-order valence-electron chi connectivity index (χ4n) is 2.60. The third-order valence-electron chi connectivity index (χ3n) is 3.75. The number of aryl methyl sites for hydroxylation is 1. The molecule has 2 aromatic heterocycles. The van der Waals surface area contributed by atoms with Gasteiger partial charge in [-0.2, -0.15) is 0 Å². The summed E-state index contributed by atoms with van der Waals surface area (Å²) in [6.45, 7) is 2.57. The standard InChI is InChI=1S/C18H18ClN3O/c1-2-15-17(22-12-14(19)8-9-16(22)21-15)18(23)20-11-10-13-6-4-3-5-7-13/h3-9,12H,2,10-11H2,1H3,(H,20,23). The highest BCUT2D eigenvalue weighted by Gasteiger charge is 2.17. The Balaban J connectivity index is 1.78. The van der Waals surface area contributed by atoms with Crippen molar-refractivity contribution in [3.8, 4) is 0 Å². The molecule has 0 saturated carbocycles. The van der Waals surface area contributed by atoms with Gasteiger partial charge in [0.2, 0.25) is 0 Å². The molecule has 0 aliphatic rings. The predicted octanol–water partition coefficient (Wildman–Crippen LogP) is 3.52. The van der Waals surface area contributed by atoms with Crippen molar-refractivity contribution in [3.63, 3.8) is 0 Å². The van der Waals surface area contributed by atoms with Crippen molar-refractivity contribution >= 4 is 23.2 Å². The van der Waals surface area contributed by atoms with Crippen LogP contribution in [0.15, 0.2) is 48.7 Å². The van der Waals surface area contributed by atoms with E-state index >= 15 is 0 Å². The van der Waals surface area contributed by atoms with Crippen LogP contribution in [0.1, 0.15) is 28.7 Å². The van der Waals surface area contributed by atoms with Crippen molar-refractivity contribution in [3.05, 3.63) is 70.6 Å². The summed E-state index contributed by atoms with van der Waals surface area (Å²) in [5.74, 6) is -0.118. The number of rotatable bonds is 5. The fourth-order valence-corrected chi connectivity index (χ4v) is 2.76. The van der Waals surface area contributed by atoms with E-state index in [0.717, 1.165) is 17.8 Å². The number of aromatic nitrogens is 2. The molecule has 0 aliphatic carbocycles. The molecule has 4 nitrogen and oxygen atoms in total. The van der Waals surface area contributed by atoms with Crippen LogP contribution < -0.4 is 5.32 Å². The van der Waals surface area contributed by atoms with Crippen LogP contribution in [0.3, 0.4) is 0 Å². The lowest BCUT2D eigenvalue weighted by atomic mass is 10.1. The second kappa shape index (κ2) is 6.84. The van der Waals surface area contributed by atoms with Gasteiger partial charge in [-0.3, -0.25) is 9.20 Å². The third kappa shape index (κ3) is 3.37. The van der Waals surface area contributed by atoms with Crippen molar-refractivity contribution in [1.29, 1.82) is 0 Å². The molecular formula is C18H18ClN3O. The van der Waals surface area contributed by atoms with Gasteiger partial charge < -0.3 is 5.32 Å². The van der Waals surface area contributed by atoms with Crippen LogP contribution in [0, 0.1) is 0 Å². The molecule has 1 amide bonds. The van der Waals surface area contributed by atoms with Crippen LogP contribution in [0.25, 0.3) is 5.65 Å². The zero-order valence-electron chi connectivity index (χ0n) is 12.9. The van der Waals surface area contributed by atoms with Gasteiger partial charge in [0.1, 0.15) is 11.3 Å². The molecular weight excluding hydrogens is 310 g/mol. The first-order valence-electron chi connectivity index (χ1n) is 7.67. The van der Waals surface area contributed by atoms with E-state index in [1.54, 1.807) is 16.7 Å². The van der Waals surface area contributed by atoms with Crippen LogP contribution in [0.5, 0.6) is 0 Å². The molecule has 3 rings (SSSR count). The molecule has 1 N–H and O–H groups in total. The quantitative estimate of drug-likeness (QED) is 0.779. The van der Waals surface area contributed by atoms with Crippen molar-refractivity contribution < 1.29 is 4.79 Å². The Morgan fingerprint density at radius 1 is 1.22 bits per heavy atom. The molecule has 0 bridgehead atoms. The lowest BCUT2D eigenvalue weighted by Gasteiger charge is -2.07. The van der Waals surface area contributed by atoms with Crippen molar-refractivity contribution in [2.24, 2.45) is 0 Å². The summed E-state index contributed by atoms with van der Waals surface area (Å²) in [6.07, 6.45) is 3.22. The number of amides is 1. The average molecular weight is 328 g/mol. The summed E-state index contributed by atoms with van der Waals surface area (Å²) in [7, 11) is 0. The number of nitrogens with one attached hydrogen (secondary N) is 1. The van der Waals surface area contributed by atoms with Gasteiger partial charge >= 0.3 is 0 Å². The second-order valence-electron chi connectivity index (χ2n) is 5.33. The molecule has 1 aromatic carbocycles. The minimum absolute atomic E-state index is 0.118. The first-order valence-corrected chi connectivity index (χ1v) is 8.05. The average Bonchev–Trinajstić information content (AvgIpc) is 2.93. The van der Waals surface area contributed by atoms with E-state index in [-0.39, 0.29) is 5.91 Å². The van der Waals surface area contributed by atoms with Gasteiger partial charge in [0.25, 0.3) is 5.91 Å². The third-order valence-corrected chi connectivity index (χ3v) is 3.97. The number of carbonyl (C=O) groups is 1. The molecule has 3 aromatic rings. The van der Waals surface area contributed by atoms with E-state index in [2.05, 4.69) is 22.4 Å². The lowest BCUT2D eigenvalue weighted by Crippen LogP contribution is -2.27. The van der Waals surface area contributed by atoms with E-state index in [0.29, 0.717) is 23.7 Å². The Kier molecular flexibility index (Phi) is 4.63. The zero-order chi connectivity index (χ0) is 16.2. The summed E-state index contributed by atoms with van der Waals surface area (Å²) < 4.78 is 1.76. The van der Waals surface area contributed by atoms with Crippen LogP contribution in [0.4, 0.5) is 0 Å². The highest BCUT2D eigenvalue weighted by molar-refractivity contribution is 6.30. The Labute approximate surface area is 140 Å². The number of hydrogen-bond acceptors (Lipinski definition) is 2. The van der Waals surface area contributed by atoms with Gasteiger partial charge in [-0.25, -0.2) is 4.98 Å². The van der Waals surface area contributed by atoms with E-state index in [4.69, 9.17) is 11.6 Å². The maximum absolute atomic E-state index is 12.6. The molecule has 0 unspecified atom stereocenters. The van der Waals surface area contributed by atoms with Crippen LogP contribution >= 0.6 is 11.6 Å². The molecule has 0 saturated heterocycles. The number of carbonyl (C=O) groups excluding carboxylic acids is 1. The first-order chi connectivity index (χ1) is 11.2. The molecule has 0 aliphatic heterocycles. The number of benzene rings is 1. The maximum Gasteiger partial charge on any atom is 0.270 e. The number of imidazole rings is 1. The molecule has 0 fully saturated rings. The van der Waals surface area contributed by atoms with Gasteiger partial charge in [-0.05, 0) is 30.5 Å². The Morgan fingerprint density at radius 3 is 2.74 bits per heavy atom. The summed E-state index contributed by atoms with van der Waals surface area (Å²) in [5, 5.41) is 3.56. The maximum atomic E-state index is 12.6. The molecule has 0 atom stereocenters. The molecule has 23 heavy (non-hydrogen) atoms. The molecule has 2 heterocycles. The summed E-state index contributed by atoms with van der Waals surface area (Å²) in [6, 6.07) is 13.7. The highest BCUT2D eigenvalue weighted by atomic mass is 35.5. The SMILES string of the molecule is CCc1nc2ccc(Cl)cn2c1C(=O)NCCc1ccccc1. The van der Waals surface area contributed by atoms with Gasteiger partial charge in [-0.15, -0.1) is 0 Å². The van der Waals surface area contributed by atoms with Gasteiger partial charge in [0.05, 0.1) is 10.7 Å². The minimum atomic E-state index is -0.118. The number of fused-ring (bicyclic) bond motifs is 1. The molecule has 0 spiro atoms. The van der Waals surface area contributed by atoms with Gasteiger partial charge in [-0.1, -0.05) is 48.9 Å². The smallest absolute Gasteiger partial charge is 0.270 e. The largest absolute Gasteiger partial charge is 0.350 e. The summed E-state index contributed by atoms with van der Waals surface area (Å²) in [4.78, 5) is 17.1. The Bertz CT molecular complexity index is 827. The number of halogens is 1. The lowest BCUT2D eigenvalue weighted by molar-refractivity contribution is 0.0947. The molecule has 118 valence electrons. The molecule has 0 radical (unpaired) electrons. The van der Waals surface area contributed by atoms with Crippen LogP contribution in [0.2, 0.25) is 5.02 Å². The zero-order valence-corrected chi connectivity index (χ0v) is 13.7. The van der Waals surface area contributed by atoms with Crippen LogP contribution in [-0.4, -0.2) is 21.8 Å². The van der Waals surface area contributed by atoms with Gasteiger partial charge in [0, 0.05) is 12.7 Å². The highest BCUT2D eigenvalue weighted by Crippen LogP contribution is 2.17. The van der Waals surface area contributed by atoms with Crippen molar-refractivity contribution in [1.82, 2.24) is 14.7 Å². The molecule has 5 heteroatoms. The van der Waals surface area contributed by atoms with E-state index in [1.165, 1.54) is 5.56 Å². The van der Waals surface area contributed by atoms with Crippen molar-refractivity contribution in [2.75, 3.05) is 6.54 Å². The number of pyridine rings is 1. The number of nitrogens with zero attached hydrogens (tertiary/aromatic N) is 2.